The van der Waals surface area contributed by atoms with Crippen LogP contribution in [0.4, 0.5) is 0 Å². The zero-order chi connectivity index (χ0) is 23.8. The van der Waals surface area contributed by atoms with Crippen molar-refractivity contribution in [2.24, 2.45) is 0 Å². The van der Waals surface area contributed by atoms with Crippen molar-refractivity contribution >= 4 is 46.8 Å². The Labute approximate surface area is 206 Å². The summed E-state index contributed by atoms with van der Waals surface area (Å²) in [6, 6.07) is 11.0. The molecule has 0 aliphatic carbocycles. The molecule has 7 heteroatoms. The van der Waals surface area contributed by atoms with Crippen LogP contribution in [0, 0.1) is 13.8 Å². The number of amides is 2. The molecule has 32 heavy (non-hydrogen) atoms. The molecule has 174 valence electrons. The van der Waals surface area contributed by atoms with E-state index < -0.39 is 6.04 Å². The van der Waals surface area contributed by atoms with Crippen molar-refractivity contribution in [3.05, 3.63) is 68.7 Å². The summed E-state index contributed by atoms with van der Waals surface area (Å²) in [5, 5.41) is 3.93. The van der Waals surface area contributed by atoms with Gasteiger partial charge in [-0.05, 0) is 51.8 Å². The van der Waals surface area contributed by atoms with E-state index in [1.807, 2.05) is 13.8 Å². The first-order chi connectivity index (χ1) is 15.1. The molecule has 0 spiro atoms. The first kappa shape index (κ1) is 26.6. The topological polar surface area (TPSA) is 49.4 Å². The number of nitrogens with one attached hydrogen (secondary N) is 1. The molecule has 0 unspecified atom stereocenters. The van der Waals surface area contributed by atoms with Crippen LogP contribution < -0.4 is 5.32 Å². The fourth-order valence-corrected chi connectivity index (χ4v) is 4.76. The average molecular weight is 496 g/mol. The third-order valence-corrected chi connectivity index (χ3v) is 7.03. The molecule has 0 saturated heterocycles. The largest absolute Gasteiger partial charge is 0.352 e. The number of thioether (sulfide) groups is 1. The van der Waals surface area contributed by atoms with Crippen molar-refractivity contribution in [1.82, 2.24) is 10.2 Å². The van der Waals surface area contributed by atoms with Crippen molar-refractivity contribution in [3.63, 3.8) is 0 Å². The van der Waals surface area contributed by atoms with E-state index in [9.17, 15) is 9.59 Å². The lowest BCUT2D eigenvalue weighted by atomic mass is 10.1. The van der Waals surface area contributed by atoms with Crippen LogP contribution >= 0.6 is 35.0 Å². The Kier molecular flexibility index (Phi) is 10.4. The minimum absolute atomic E-state index is 0.0322. The average Bonchev–Trinajstić information content (AvgIpc) is 2.72. The van der Waals surface area contributed by atoms with Gasteiger partial charge in [0.25, 0.3) is 0 Å². The molecule has 0 aliphatic heterocycles. The maximum Gasteiger partial charge on any atom is 0.242 e. The number of nitrogens with zero attached hydrogens (tertiary/aromatic N) is 1. The van der Waals surface area contributed by atoms with Crippen LogP contribution in [0.25, 0.3) is 0 Å². The molecule has 2 atom stereocenters. The van der Waals surface area contributed by atoms with E-state index in [4.69, 9.17) is 23.2 Å². The lowest BCUT2D eigenvalue weighted by Gasteiger charge is -2.30. The van der Waals surface area contributed by atoms with E-state index in [1.54, 1.807) is 30.0 Å². The van der Waals surface area contributed by atoms with Crippen molar-refractivity contribution < 1.29 is 9.59 Å². The highest BCUT2D eigenvalue weighted by molar-refractivity contribution is 7.99. The summed E-state index contributed by atoms with van der Waals surface area (Å²) in [4.78, 5) is 27.6. The SMILES string of the molecule is CC[C@H](C)NC(=O)[C@H](C)N(Cc1c(Cl)cccc1Cl)C(=O)CSCc1cc(C)cc(C)c1. The number of carbonyl (C=O) groups is 2. The Balaban J connectivity index is 2.16. The molecule has 1 N–H and O–H groups in total. The summed E-state index contributed by atoms with van der Waals surface area (Å²) in [7, 11) is 0. The molecule has 0 aliphatic rings. The van der Waals surface area contributed by atoms with E-state index in [-0.39, 0.29) is 30.2 Å². The summed E-state index contributed by atoms with van der Waals surface area (Å²) in [5.74, 6) is 0.677. The Hall–Kier alpha value is -1.69. The molecular weight excluding hydrogens is 463 g/mol. The number of hydrogen-bond acceptors (Lipinski definition) is 3. The minimum atomic E-state index is -0.648. The number of hydrogen-bond donors (Lipinski definition) is 1. The van der Waals surface area contributed by atoms with Gasteiger partial charge in [-0.2, -0.15) is 0 Å². The van der Waals surface area contributed by atoms with Crippen LogP contribution in [-0.2, 0) is 21.9 Å². The van der Waals surface area contributed by atoms with E-state index in [0.717, 1.165) is 12.2 Å². The monoisotopic (exact) mass is 494 g/mol. The Morgan fingerprint density at radius 3 is 2.22 bits per heavy atom. The Morgan fingerprint density at radius 1 is 1.06 bits per heavy atom. The van der Waals surface area contributed by atoms with E-state index in [2.05, 4.69) is 37.4 Å². The normalized spacial score (nSPS) is 12.8. The van der Waals surface area contributed by atoms with Gasteiger partial charge in [-0.1, -0.05) is 65.5 Å². The van der Waals surface area contributed by atoms with Crippen LogP contribution in [0.5, 0.6) is 0 Å². The smallest absolute Gasteiger partial charge is 0.242 e. The molecule has 4 nitrogen and oxygen atoms in total. The highest BCUT2D eigenvalue weighted by Gasteiger charge is 2.28. The van der Waals surface area contributed by atoms with E-state index >= 15 is 0 Å². The second-order valence-corrected chi connectivity index (χ2v) is 10.0. The van der Waals surface area contributed by atoms with Gasteiger partial charge in [0.1, 0.15) is 6.04 Å². The van der Waals surface area contributed by atoms with Crippen LogP contribution in [0.2, 0.25) is 10.0 Å². The third-order valence-electron chi connectivity index (χ3n) is 5.33. The van der Waals surface area contributed by atoms with Gasteiger partial charge >= 0.3 is 0 Å². The van der Waals surface area contributed by atoms with Crippen LogP contribution in [0.15, 0.2) is 36.4 Å². The Bertz CT molecular complexity index is 911. The van der Waals surface area contributed by atoms with Crippen molar-refractivity contribution in [3.8, 4) is 0 Å². The first-order valence-electron chi connectivity index (χ1n) is 10.8. The second-order valence-electron chi connectivity index (χ2n) is 8.20. The number of benzene rings is 2. The quantitative estimate of drug-likeness (QED) is 0.429. The van der Waals surface area contributed by atoms with Gasteiger partial charge in [-0.15, -0.1) is 11.8 Å². The molecule has 0 heterocycles. The highest BCUT2D eigenvalue weighted by atomic mass is 35.5. The molecule has 2 aromatic carbocycles. The van der Waals surface area contributed by atoms with Crippen LogP contribution in [0.3, 0.4) is 0 Å². The maximum atomic E-state index is 13.2. The van der Waals surface area contributed by atoms with Gasteiger partial charge in [0.2, 0.25) is 11.8 Å². The first-order valence-corrected chi connectivity index (χ1v) is 12.7. The van der Waals surface area contributed by atoms with E-state index in [0.29, 0.717) is 15.6 Å². The number of carbonyl (C=O) groups excluding carboxylic acids is 2. The molecule has 2 aromatic rings. The lowest BCUT2D eigenvalue weighted by molar-refractivity contribution is -0.138. The fourth-order valence-electron chi connectivity index (χ4n) is 3.39. The summed E-state index contributed by atoms with van der Waals surface area (Å²) < 4.78 is 0. The maximum absolute atomic E-state index is 13.2. The molecular formula is C25H32Cl2N2O2S. The zero-order valence-electron chi connectivity index (χ0n) is 19.4. The summed E-state index contributed by atoms with van der Waals surface area (Å²) >= 11 is 14.2. The Morgan fingerprint density at radius 2 is 1.66 bits per heavy atom. The predicted octanol–water partition coefficient (Wildman–Crippen LogP) is 6.18. The van der Waals surface area contributed by atoms with Crippen LogP contribution in [0.1, 0.15) is 49.4 Å². The zero-order valence-corrected chi connectivity index (χ0v) is 21.7. The molecule has 2 rings (SSSR count). The number of rotatable bonds is 10. The molecule has 2 amide bonds. The van der Waals surface area contributed by atoms with Gasteiger partial charge in [0.15, 0.2) is 0 Å². The van der Waals surface area contributed by atoms with E-state index in [1.165, 1.54) is 28.5 Å². The number of halogens is 2. The van der Waals surface area contributed by atoms with Gasteiger partial charge < -0.3 is 10.2 Å². The molecule has 0 radical (unpaired) electrons. The van der Waals surface area contributed by atoms with Crippen molar-refractivity contribution in [1.29, 1.82) is 0 Å². The molecule has 0 bridgehead atoms. The molecule has 0 saturated carbocycles. The second kappa shape index (κ2) is 12.5. The van der Waals surface area contributed by atoms with Crippen molar-refractivity contribution in [2.45, 2.75) is 65.4 Å². The summed E-state index contributed by atoms with van der Waals surface area (Å²) in [5.41, 5.74) is 4.24. The predicted molar refractivity (Wildman–Crippen MR) is 136 cm³/mol. The summed E-state index contributed by atoms with van der Waals surface area (Å²) in [6.45, 7) is 10.0. The fraction of sp³-hybridized carbons (Fsp3) is 0.440. The molecule has 0 aromatic heterocycles. The molecule has 0 fully saturated rings. The highest BCUT2D eigenvalue weighted by Crippen LogP contribution is 2.27. The summed E-state index contributed by atoms with van der Waals surface area (Å²) in [6.07, 6.45) is 0.814. The number of aryl methyl sites for hydroxylation is 2. The lowest BCUT2D eigenvalue weighted by Crippen LogP contribution is -2.50. The van der Waals surface area contributed by atoms with Crippen LogP contribution in [-0.4, -0.2) is 34.6 Å². The standard InChI is InChI=1S/C25H32Cl2N2O2S/c1-6-18(4)28-25(31)19(5)29(13-21-22(26)8-7-9-23(21)27)24(30)15-32-14-20-11-16(2)10-17(3)12-20/h7-12,18-19H,6,13-15H2,1-5H3,(H,28,31)/t18-,19-/m0/s1. The van der Waals surface area contributed by atoms with Gasteiger partial charge in [0.05, 0.1) is 5.75 Å². The van der Waals surface area contributed by atoms with Gasteiger partial charge in [-0.25, -0.2) is 0 Å². The minimum Gasteiger partial charge on any atom is -0.352 e. The van der Waals surface area contributed by atoms with Gasteiger partial charge in [0, 0.05) is 33.9 Å². The third kappa shape index (κ3) is 7.72. The van der Waals surface area contributed by atoms with Gasteiger partial charge in [-0.3, -0.25) is 9.59 Å². The van der Waals surface area contributed by atoms with Crippen molar-refractivity contribution in [2.75, 3.05) is 5.75 Å².